The van der Waals surface area contributed by atoms with E-state index in [4.69, 9.17) is 4.98 Å². The van der Waals surface area contributed by atoms with Crippen LogP contribution >= 0.6 is 0 Å². The number of para-hydroxylation sites is 1. The first-order valence-corrected chi connectivity index (χ1v) is 13.9. The lowest BCUT2D eigenvalue weighted by molar-refractivity contribution is 0.437. The van der Waals surface area contributed by atoms with Crippen molar-refractivity contribution in [2.75, 3.05) is 11.4 Å². The van der Waals surface area contributed by atoms with Crippen molar-refractivity contribution in [1.29, 1.82) is 0 Å². The Hall–Kier alpha value is -4.11. The van der Waals surface area contributed by atoms with E-state index < -0.39 is 5.54 Å². The van der Waals surface area contributed by atoms with Gasteiger partial charge in [0.25, 0.3) is 0 Å². The predicted octanol–water partition coefficient (Wildman–Crippen LogP) is 7.72. The highest BCUT2D eigenvalue weighted by Crippen LogP contribution is 2.41. The van der Waals surface area contributed by atoms with Crippen molar-refractivity contribution in [1.82, 2.24) is 9.55 Å². The Morgan fingerprint density at radius 1 is 0.658 bits per heavy atom. The molecule has 6 rings (SSSR count). The number of piperidine rings is 1. The Morgan fingerprint density at radius 3 is 1.74 bits per heavy atom. The van der Waals surface area contributed by atoms with Crippen molar-refractivity contribution in [3.8, 4) is 0 Å². The van der Waals surface area contributed by atoms with Gasteiger partial charge >= 0.3 is 0 Å². The molecule has 1 aliphatic heterocycles. The molecule has 1 saturated heterocycles. The summed E-state index contributed by atoms with van der Waals surface area (Å²) >= 11 is 0. The third-order valence-corrected chi connectivity index (χ3v) is 8.05. The third kappa shape index (κ3) is 4.65. The van der Waals surface area contributed by atoms with Crippen LogP contribution in [0.5, 0.6) is 0 Å². The zero-order chi connectivity index (χ0) is 25.6. The molecule has 3 heteroatoms. The van der Waals surface area contributed by atoms with Crippen LogP contribution in [0.1, 0.15) is 48.1 Å². The highest BCUT2D eigenvalue weighted by atomic mass is 15.2. The van der Waals surface area contributed by atoms with Gasteiger partial charge in [0, 0.05) is 24.5 Å². The fraction of sp³-hybridized carbons (Fsp3) is 0.229. The summed E-state index contributed by atoms with van der Waals surface area (Å²) in [5, 5.41) is 0. The molecule has 5 aromatic rings. The molecule has 0 amide bonds. The van der Waals surface area contributed by atoms with Crippen molar-refractivity contribution in [3.63, 3.8) is 0 Å². The first-order valence-electron chi connectivity index (χ1n) is 13.9. The maximum atomic E-state index is 4.99. The Bertz CT molecular complexity index is 1310. The van der Waals surface area contributed by atoms with E-state index in [2.05, 4.69) is 137 Å². The van der Waals surface area contributed by atoms with E-state index in [1.165, 1.54) is 41.6 Å². The third-order valence-electron chi connectivity index (χ3n) is 8.05. The Kier molecular flexibility index (Phi) is 7.08. The van der Waals surface area contributed by atoms with Crippen LogP contribution < -0.4 is 4.90 Å². The van der Waals surface area contributed by atoms with Gasteiger partial charge in [0.05, 0.1) is 12.0 Å². The average molecular weight is 498 g/mol. The number of rotatable bonds is 8. The van der Waals surface area contributed by atoms with Crippen LogP contribution in [0.3, 0.4) is 0 Å². The van der Waals surface area contributed by atoms with Gasteiger partial charge in [0.15, 0.2) is 0 Å². The summed E-state index contributed by atoms with van der Waals surface area (Å²) in [7, 11) is 0. The van der Waals surface area contributed by atoms with Crippen LogP contribution in [-0.2, 0) is 12.0 Å². The number of benzene rings is 4. The molecule has 2 heterocycles. The molecule has 0 saturated carbocycles. The lowest BCUT2D eigenvalue weighted by Crippen LogP contribution is -2.39. The second kappa shape index (κ2) is 11.1. The number of hydrogen-bond acceptors (Lipinski definition) is 2. The number of nitrogens with zero attached hydrogens (tertiary/aromatic N) is 3. The molecule has 0 N–H and O–H groups in total. The average Bonchev–Trinajstić information content (AvgIpc) is 3.48. The van der Waals surface area contributed by atoms with Gasteiger partial charge in [0.2, 0.25) is 0 Å². The molecule has 1 aliphatic rings. The summed E-state index contributed by atoms with van der Waals surface area (Å²) in [6, 6.07) is 44.0. The number of aromatic nitrogens is 2. The topological polar surface area (TPSA) is 21.1 Å². The molecule has 3 nitrogen and oxygen atoms in total. The van der Waals surface area contributed by atoms with Gasteiger partial charge in [-0.05, 0) is 60.9 Å². The molecular weight excluding hydrogens is 462 g/mol. The van der Waals surface area contributed by atoms with Crippen molar-refractivity contribution in [2.45, 2.75) is 43.7 Å². The van der Waals surface area contributed by atoms with Gasteiger partial charge in [0.1, 0.15) is 5.54 Å². The largest absolute Gasteiger partial charge is 0.369 e. The van der Waals surface area contributed by atoms with Gasteiger partial charge in [-0.2, -0.15) is 0 Å². The summed E-state index contributed by atoms with van der Waals surface area (Å²) in [6.07, 6.45) is 10.2. The minimum absolute atomic E-state index is 0.504. The summed E-state index contributed by atoms with van der Waals surface area (Å²) in [5.41, 5.74) is 5.67. The van der Waals surface area contributed by atoms with Gasteiger partial charge in [-0.1, -0.05) is 109 Å². The number of hydrogen-bond donors (Lipinski definition) is 0. The second-order valence-corrected chi connectivity index (χ2v) is 10.3. The summed E-state index contributed by atoms with van der Waals surface area (Å²) in [6.45, 7) is 1.14. The Labute approximate surface area is 226 Å². The molecule has 0 aliphatic carbocycles. The van der Waals surface area contributed by atoms with E-state index >= 15 is 0 Å². The second-order valence-electron chi connectivity index (χ2n) is 10.3. The van der Waals surface area contributed by atoms with Crippen molar-refractivity contribution in [2.24, 2.45) is 0 Å². The van der Waals surface area contributed by atoms with E-state index in [0.29, 0.717) is 6.04 Å². The highest BCUT2D eigenvalue weighted by molar-refractivity contribution is 5.51. The molecule has 0 bridgehead atoms. The number of aryl methyl sites for hydroxylation is 1. The van der Waals surface area contributed by atoms with Crippen molar-refractivity contribution < 1.29 is 0 Å². The Balaban J connectivity index is 1.36. The molecule has 1 aromatic heterocycles. The van der Waals surface area contributed by atoms with Crippen LogP contribution in [0.15, 0.2) is 134 Å². The van der Waals surface area contributed by atoms with Crippen LogP contribution in [-0.4, -0.2) is 22.1 Å². The van der Waals surface area contributed by atoms with Crippen LogP contribution in [0.4, 0.5) is 5.69 Å². The summed E-state index contributed by atoms with van der Waals surface area (Å²) in [4.78, 5) is 7.60. The molecule has 38 heavy (non-hydrogen) atoms. The standard InChI is InChI=1S/C35H35N3/c1-5-15-29(16-6-1)35(30-17-7-2-8-18-30,31-19-9-3-10-20-31)37-27-32(36-28-37)24-25-34-23-13-14-26-38(34)33-21-11-4-12-22-33/h1-12,15-22,27-28,34H,13-14,23-26H2. The lowest BCUT2D eigenvalue weighted by Gasteiger charge is -2.38. The smallest absolute Gasteiger partial charge is 0.121 e. The molecule has 1 fully saturated rings. The SMILES string of the molecule is c1ccc(N2CCCCC2CCc2cn(C(c3ccccc3)(c3ccccc3)c3ccccc3)cn2)cc1. The molecule has 4 aromatic carbocycles. The predicted molar refractivity (Wildman–Crippen MR) is 157 cm³/mol. The minimum atomic E-state index is -0.504. The van der Waals surface area contributed by atoms with E-state index in [1.807, 2.05) is 6.33 Å². The highest BCUT2D eigenvalue weighted by Gasteiger charge is 2.38. The van der Waals surface area contributed by atoms with Crippen LogP contribution in [0.2, 0.25) is 0 Å². The molecule has 1 unspecified atom stereocenters. The molecule has 0 spiro atoms. The maximum absolute atomic E-state index is 4.99. The minimum Gasteiger partial charge on any atom is -0.369 e. The molecule has 190 valence electrons. The first kappa shape index (κ1) is 24.2. The fourth-order valence-electron chi connectivity index (χ4n) is 6.24. The van der Waals surface area contributed by atoms with E-state index in [0.717, 1.165) is 25.1 Å². The van der Waals surface area contributed by atoms with E-state index in [9.17, 15) is 0 Å². The van der Waals surface area contributed by atoms with Gasteiger partial charge in [-0.15, -0.1) is 0 Å². The van der Waals surface area contributed by atoms with Crippen LogP contribution in [0.25, 0.3) is 0 Å². The number of imidazole rings is 1. The molecular formula is C35H35N3. The van der Waals surface area contributed by atoms with Crippen molar-refractivity contribution in [3.05, 3.63) is 156 Å². The fourth-order valence-corrected chi connectivity index (χ4v) is 6.24. The monoisotopic (exact) mass is 497 g/mol. The Morgan fingerprint density at radius 2 is 1.18 bits per heavy atom. The summed E-state index contributed by atoms with van der Waals surface area (Å²) in [5.74, 6) is 0. The maximum Gasteiger partial charge on any atom is 0.121 e. The lowest BCUT2D eigenvalue weighted by atomic mass is 9.77. The number of anilines is 1. The normalized spacial score (nSPS) is 15.9. The zero-order valence-electron chi connectivity index (χ0n) is 21.9. The molecule has 0 radical (unpaired) electrons. The van der Waals surface area contributed by atoms with Gasteiger partial charge in [-0.25, -0.2) is 4.98 Å². The molecule has 1 atom stereocenters. The van der Waals surface area contributed by atoms with Crippen LogP contribution in [0, 0.1) is 0 Å². The first-order chi connectivity index (χ1) is 18.9. The summed E-state index contributed by atoms with van der Waals surface area (Å²) < 4.78 is 2.33. The van der Waals surface area contributed by atoms with E-state index in [-0.39, 0.29) is 0 Å². The zero-order valence-corrected chi connectivity index (χ0v) is 21.9. The van der Waals surface area contributed by atoms with E-state index in [1.54, 1.807) is 0 Å². The quantitative estimate of drug-likeness (QED) is 0.205. The van der Waals surface area contributed by atoms with Gasteiger partial charge < -0.3 is 9.47 Å². The van der Waals surface area contributed by atoms with Crippen molar-refractivity contribution >= 4 is 5.69 Å². The van der Waals surface area contributed by atoms with Gasteiger partial charge in [-0.3, -0.25) is 0 Å².